The topological polar surface area (TPSA) is 41.9 Å². The van der Waals surface area contributed by atoms with Crippen molar-refractivity contribution >= 4 is 21.6 Å². The van der Waals surface area contributed by atoms with Gasteiger partial charge in [0.15, 0.2) is 0 Å². The van der Waals surface area contributed by atoms with Gasteiger partial charge < -0.3 is 5.11 Å². The largest absolute Gasteiger partial charge is 0.392 e. The number of rotatable bonds is 4. The molecule has 1 N–H and O–H groups in total. The second kappa shape index (κ2) is 5.11. The molecule has 4 nitrogen and oxygen atoms in total. The summed E-state index contributed by atoms with van der Waals surface area (Å²) in [6.07, 6.45) is 6.00. The Morgan fingerprint density at radius 2 is 2.32 bits per heavy atom. The lowest BCUT2D eigenvalue weighted by atomic mass is 10.2. The molecule has 0 aliphatic rings. The lowest BCUT2D eigenvalue weighted by Crippen LogP contribution is -2.31. The first-order valence-corrected chi connectivity index (χ1v) is 7.08. The maximum atomic E-state index is 8.90. The molecule has 0 saturated heterocycles. The average Bonchev–Trinajstić information content (AvgIpc) is 2.95. The van der Waals surface area contributed by atoms with Crippen LogP contribution in [-0.2, 0) is 13.1 Å². The summed E-state index contributed by atoms with van der Waals surface area (Å²) >= 11 is 1.73. The van der Waals surface area contributed by atoms with Gasteiger partial charge in [-0.25, -0.2) is 14.1 Å². The summed E-state index contributed by atoms with van der Waals surface area (Å²) < 4.78 is 5.32. The molecule has 2 aromatic heterocycles. The number of benzene rings is 1. The molecule has 0 spiro atoms. The predicted octanol–water partition coefficient (Wildman–Crippen LogP) is 1.73. The Bertz CT molecular complexity index is 702. The molecule has 0 aliphatic heterocycles. The molecule has 0 saturated carbocycles. The maximum Gasteiger partial charge on any atom is 0.244 e. The van der Waals surface area contributed by atoms with Gasteiger partial charge in [0.25, 0.3) is 0 Å². The van der Waals surface area contributed by atoms with Gasteiger partial charge in [0.1, 0.15) is 25.5 Å². The molecule has 0 radical (unpaired) electrons. The zero-order valence-corrected chi connectivity index (χ0v) is 11.6. The third-order valence-corrected chi connectivity index (χ3v) is 3.98. The molecule has 0 unspecified atom stereocenters. The lowest BCUT2D eigenvalue weighted by Gasteiger charge is -1.97. The van der Waals surface area contributed by atoms with Gasteiger partial charge in [-0.1, -0.05) is 6.07 Å². The molecule has 3 rings (SSSR count). The van der Waals surface area contributed by atoms with Gasteiger partial charge in [0.05, 0.1) is 21.8 Å². The smallest absolute Gasteiger partial charge is 0.244 e. The van der Waals surface area contributed by atoms with E-state index in [-0.39, 0.29) is 6.61 Å². The average molecular weight is 274 g/mol. The molecular weight excluding hydrogens is 258 g/mol. The van der Waals surface area contributed by atoms with Crippen LogP contribution >= 0.6 is 11.3 Å². The number of nitrogens with zero attached hydrogens (tertiary/aromatic N) is 3. The number of aliphatic hydroxyl groups excluding tert-OH is 1. The zero-order valence-electron chi connectivity index (χ0n) is 10.8. The highest BCUT2D eigenvalue weighted by molar-refractivity contribution is 7.18. The van der Waals surface area contributed by atoms with Gasteiger partial charge in [-0.05, 0) is 24.6 Å². The van der Waals surface area contributed by atoms with Crippen molar-refractivity contribution in [1.82, 2.24) is 9.55 Å². The van der Waals surface area contributed by atoms with Crippen molar-refractivity contribution in [3.63, 3.8) is 0 Å². The first kappa shape index (κ1) is 12.3. The Labute approximate surface area is 115 Å². The predicted molar refractivity (Wildman–Crippen MR) is 75.2 cm³/mol. The highest BCUT2D eigenvalue weighted by Crippen LogP contribution is 2.22. The second-order valence-corrected chi connectivity index (χ2v) is 5.82. The molecule has 3 aromatic rings. The van der Waals surface area contributed by atoms with Crippen molar-refractivity contribution in [3.8, 4) is 0 Å². The molecule has 5 heteroatoms. The van der Waals surface area contributed by atoms with Crippen molar-refractivity contribution in [2.75, 3.05) is 6.61 Å². The lowest BCUT2D eigenvalue weighted by molar-refractivity contribution is -0.687. The standard InChI is InChI=1S/C14H16N3OS/c1-11-15-13-8-12(2-3-14(13)19-11)9-17-5-4-16(10-17)6-7-18/h2-5,8,10,18H,6-7,9H2,1H3/q+1. The highest BCUT2D eigenvalue weighted by Gasteiger charge is 2.06. The first-order valence-electron chi connectivity index (χ1n) is 6.26. The minimum Gasteiger partial charge on any atom is -0.392 e. The molecule has 0 amide bonds. The number of fused-ring (bicyclic) bond motifs is 1. The van der Waals surface area contributed by atoms with E-state index in [9.17, 15) is 0 Å². The van der Waals surface area contributed by atoms with Gasteiger partial charge in [-0.3, -0.25) is 0 Å². The molecule has 0 fully saturated rings. The van der Waals surface area contributed by atoms with Gasteiger partial charge >= 0.3 is 0 Å². The highest BCUT2D eigenvalue weighted by atomic mass is 32.1. The summed E-state index contributed by atoms with van der Waals surface area (Å²) in [5, 5.41) is 10.0. The van der Waals surface area contributed by atoms with E-state index in [1.54, 1.807) is 11.3 Å². The number of imidazole rings is 1. The number of aromatic nitrogens is 3. The molecule has 1 aromatic carbocycles. The van der Waals surface area contributed by atoms with E-state index >= 15 is 0 Å². The van der Waals surface area contributed by atoms with Crippen LogP contribution < -0.4 is 4.57 Å². The van der Waals surface area contributed by atoms with Crippen LogP contribution in [0.4, 0.5) is 0 Å². The first-order chi connectivity index (χ1) is 9.24. The molecule has 0 aliphatic carbocycles. The zero-order chi connectivity index (χ0) is 13.2. The van der Waals surface area contributed by atoms with E-state index in [4.69, 9.17) is 5.11 Å². The quantitative estimate of drug-likeness (QED) is 0.736. The fraction of sp³-hybridized carbons (Fsp3) is 0.286. The molecule has 2 heterocycles. The number of thiazole rings is 1. The molecular formula is C14H16N3OS+. The Balaban J connectivity index is 1.83. The Morgan fingerprint density at radius 3 is 3.16 bits per heavy atom. The normalized spacial score (nSPS) is 11.3. The van der Waals surface area contributed by atoms with E-state index in [1.165, 1.54) is 10.3 Å². The van der Waals surface area contributed by atoms with Crippen LogP contribution in [0.1, 0.15) is 10.6 Å². The van der Waals surface area contributed by atoms with Gasteiger partial charge in [-0.2, -0.15) is 0 Å². The van der Waals surface area contributed by atoms with Crippen molar-refractivity contribution in [2.45, 2.75) is 20.0 Å². The molecule has 19 heavy (non-hydrogen) atoms. The number of hydrogen-bond acceptors (Lipinski definition) is 3. The Morgan fingerprint density at radius 1 is 1.42 bits per heavy atom. The van der Waals surface area contributed by atoms with Crippen LogP contribution in [0.3, 0.4) is 0 Å². The van der Waals surface area contributed by atoms with E-state index in [0.29, 0.717) is 6.54 Å². The Kier molecular flexibility index (Phi) is 3.31. The van der Waals surface area contributed by atoms with Crippen LogP contribution in [0.5, 0.6) is 0 Å². The summed E-state index contributed by atoms with van der Waals surface area (Å²) in [6, 6.07) is 6.44. The van der Waals surface area contributed by atoms with Gasteiger partial charge in [0.2, 0.25) is 6.33 Å². The van der Waals surface area contributed by atoms with Crippen molar-refractivity contribution in [3.05, 3.63) is 47.5 Å². The van der Waals surface area contributed by atoms with Gasteiger partial charge in [0, 0.05) is 0 Å². The molecule has 0 bridgehead atoms. The van der Waals surface area contributed by atoms with Crippen molar-refractivity contribution in [1.29, 1.82) is 0 Å². The van der Waals surface area contributed by atoms with E-state index in [1.807, 2.05) is 30.2 Å². The number of aliphatic hydroxyl groups is 1. The van der Waals surface area contributed by atoms with Gasteiger partial charge in [-0.15, -0.1) is 11.3 Å². The van der Waals surface area contributed by atoms with Crippen LogP contribution in [0, 0.1) is 6.92 Å². The van der Waals surface area contributed by atoms with Crippen molar-refractivity contribution in [2.24, 2.45) is 0 Å². The van der Waals surface area contributed by atoms with E-state index in [0.717, 1.165) is 17.1 Å². The van der Waals surface area contributed by atoms with Crippen LogP contribution in [-0.4, -0.2) is 21.3 Å². The third-order valence-electron chi connectivity index (χ3n) is 3.03. The minimum atomic E-state index is 0.165. The summed E-state index contributed by atoms with van der Waals surface area (Å²) in [7, 11) is 0. The maximum absolute atomic E-state index is 8.90. The van der Waals surface area contributed by atoms with Crippen LogP contribution in [0.25, 0.3) is 10.2 Å². The van der Waals surface area contributed by atoms with Crippen LogP contribution in [0.2, 0.25) is 0 Å². The molecule has 98 valence electrons. The summed E-state index contributed by atoms with van der Waals surface area (Å²) in [6.45, 7) is 3.66. The fourth-order valence-corrected chi connectivity index (χ4v) is 2.98. The SMILES string of the molecule is Cc1nc2cc(C[n+]3ccn(CCO)c3)ccc2s1. The summed E-state index contributed by atoms with van der Waals surface area (Å²) in [5.74, 6) is 0. The van der Waals surface area contributed by atoms with E-state index in [2.05, 4.69) is 27.8 Å². The second-order valence-electron chi connectivity index (χ2n) is 4.58. The summed E-state index contributed by atoms with van der Waals surface area (Å²) in [4.78, 5) is 4.52. The molecule has 0 atom stereocenters. The fourth-order valence-electron chi connectivity index (χ4n) is 2.18. The van der Waals surface area contributed by atoms with E-state index < -0.39 is 0 Å². The van der Waals surface area contributed by atoms with Crippen LogP contribution in [0.15, 0.2) is 36.9 Å². The monoisotopic (exact) mass is 274 g/mol. The minimum absolute atomic E-state index is 0.165. The Hall–Kier alpha value is -1.72. The van der Waals surface area contributed by atoms with Crippen molar-refractivity contribution < 1.29 is 9.67 Å². The number of aryl methyl sites for hydroxylation is 1. The third kappa shape index (κ3) is 2.67. The number of hydrogen-bond donors (Lipinski definition) is 1. The summed E-state index contributed by atoms with van der Waals surface area (Å²) in [5.41, 5.74) is 2.32.